The van der Waals surface area contributed by atoms with Crippen LogP contribution >= 0.6 is 0 Å². The summed E-state index contributed by atoms with van der Waals surface area (Å²) in [6, 6.07) is 9.46. The van der Waals surface area contributed by atoms with E-state index in [1.54, 1.807) is 19.4 Å². The van der Waals surface area contributed by atoms with Crippen molar-refractivity contribution in [2.75, 3.05) is 17.7 Å². The van der Waals surface area contributed by atoms with Crippen LogP contribution in [0.4, 0.5) is 33.6 Å². The van der Waals surface area contributed by atoms with Crippen LogP contribution in [0, 0.1) is 20.8 Å². The third-order valence-electron chi connectivity index (χ3n) is 4.43. The molecule has 8 nitrogen and oxygen atoms in total. The van der Waals surface area contributed by atoms with Gasteiger partial charge in [0.05, 0.1) is 7.11 Å². The molecule has 0 fully saturated rings. The summed E-state index contributed by atoms with van der Waals surface area (Å²) >= 11 is 0. The van der Waals surface area contributed by atoms with Crippen LogP contribution < -0.4 is 25.4 Å². The van der Waals surface area contributed by atoms with Gasteiger partial charge in [-0.1, -0.05) is 0 Å². The van der Waals surface area contributed by atoms with Crippen LogP contribution in [-0.2, 0) is 0 Å². The molecule has 0 bridgehead atoms. The van der Waals surface area contributed by atoms with Crippen LogP contribution in [0.1, 0.15) is 16.7 Å². The molecule has 0 saturated heterocycles. The van der Waals surface area contributed by atoms with E-state index in [1.165, 1.54) is 0 Å². The first-order valence-corrected chi connectivity index (χ1v) is 9.03. The summed E-state index contributed by atoms with van der Waals surface area (Å²) in [6.07, 6.45) is 1.14. The molecule has 1 radical (unpaired) electrons. The van der Waals surface area contributed by atoms with Gasteiger partial charge in [-0.15, -0.1) is 0 Å². The number of fused-ring (bicyclic) bond motifs is 1. The van der Waals surface area contributed by atoms with Gasteiger partial charge in [0.25, 0.3) is 0 Å². The van der Waals surface area contributed by atoms with E-state index in [-0.39, 0.29) is 29.6 Å². The van der Waals surface area contributed by atoms with Crippen LogP contribution in [0.25, 0.3) is 0 Å². The molecular weight excluding hydrogens is 393 g/mol. The number of hydrogen-bond acceptors (Lipinski definition) is 7. The molecule has 0 spiro atoms. The Morgan fingerprint density at radius 3 is 2.50 bits per heavy atom. The molecule has 0 aliphatic carbocycles. The molecule has 149 valence electrons. The normalized spacial score (nSPS) is 11.7. The van der Waals surface area contributed by atoms with Crippen molar-refractivity contribution in [2.24, 2.45) is 0 Å². The van der Waals surface area contributed by atoms with Gasteiger partial charge in [0.1, 0.15) is 17.3 Å². The van der Waals surface area contributed by atoms with Gasteiger partial charge in [0, 0.05) is 29.2 Å². The van der Waals surface area contributed by atoms with E-state index in [9.17, 15) is 4.79 Å². The van der Waals surface area contributed by atoms with E-state index in [1.807, 2.05) is 45.0 Å². The zero-order valence-electron chi connectivity index (χ0n) is 16.5. The summed E-state index contributed by atoms with van der Waals surface area (Å²) in [5.74, 6) is 2.35. The molecule has 2 heterocycles. The summed E-state index contributed by atoms with van der Waals surface area (Å²) in [4.78, 5) is 20.4. The van der Waals surface area contributed by atoms with Gasteiger partial charge in [-0.3, -0.25) is 0 Å². The number of nitrogens with zero attached hydrogens (tertiary/aromatic N) is 3. The number of methoxy groups -OCH3 is 1. The van der Waals surface area contributed by atoms with Gasteiger partial charge in [0.15, 0.2) is 5.75 Å². The van der Waals surface area contributed by atoms with E-state index >= 15 is 0 Å². The zero-order chi connectivity index (χ0) is 20.5. The Kier molecular flexibility index (Phi) is 6.50. The molecular formula is C21H21N5NaO3. The molecule has 2 N–H and O–H groups in total. The van der Waals surface area contributed by atoms with E-state index in [4.69, 9.17) is 9.47 Å². The number of nitrogens with one attached hydrogen (secondary N) is 2. The third-order valence-corrected chi connectivity index (χ3v) is 4.43. The second-order valence-corrected chi connectivity index (χ2v) is 6.84. The van der Waals surface area contributed by atoms with Crippen LogP contribution in [0.15, 0.2) is 36.5 Å². The van der Waals surface area contributed by atoms with E-state index < -0.39 is 6.09 Å². The zero-order valence-corrected chi connectivity index (χ0v) is 16.5. The Balaban J connectivity index is 0.00000256. The van der Waals surface area contributed by atoms with E-state index in [0.29, 0.717) is 23.2 Å². The fraction of sp³-hybridized carbons (Fsp3) is 0.190. The van der Waals surface area contributed by atoms with Crippen LogP contribution in [0.2, 0.25) is 0 Å². The van der Waals surface area contributed by atoms with Crippen molar-refractivity contribution in [3.05, 3.63) is 53.2 Å². The van der Waals surface area contributed by atoms with Crippen molar-refractivity contribution in [3.63, 3.8) is 0 Å². The number of anilines is 4. The third kappa shape index (κ3) is 4.67. The first kappa shape index (κ1) is 21.9. The van der Waals surface area contributed by atoms with Gasteiger partial charge < -0.3 is 20.1 Å². The number of aryl methyl sites for hydroxylation is 3. The second-order valence-electron chi connectivity index (χ2n) is 6.84. The average molecular weight is 414 g/mol. The van der Waals surface area contributed by atoms with Crippen molar-refractivity contribution < 1.29 is 14.3 Å². The number of rotatable bonds is 5. The van der Waals surface area contributed by atoms with E-state index in [0.717, 1.165) is 33.8 Å². The molecule has 9 heteroatoms. The number of carbonyl (C=O) groups excluding carboxylic acids is 1. The molecule has 30 heavy (non-hydrogen) atoms. The van der Waals surface area contributed by atoms with Gasteiger partial charge in [-0.05, 0) is 56.2 Å². The molecule has 1 aliphatic heterocycles. The fourth-order valence-electron chi connectivity index (χ4n) is 3.08. The Labute approximate surface area is 196 Å². The maximum absolute atomic E-state index is 11.4. The minimum atomic E-state index is -0.599. The van der Waals surface area contributed by atoms with Crippen LogP contribution in [0.3, 0.4) is 0 Å². The van der Waals surface area contributed by atoms with Crippen molar-refractivity contribution in [1.29, 1.82) is 0 Å². The van der Waals surface area contributed by atoms with Gasteiger partial charge >= 0.3 is 35.7 Å². The number of benzene rings is 2. The van der Waals surface area contributed by atoms with Crippen LogP contribution in [-0.4, -0.2) is 52.7 Å². The SMILES string of the molecule is COc1cc(C)cc(Nc2ncc(C)c(Nc3cc(C)c4c(c3)[N]C(=O)O4)n2)c1.[NaH]. The molecule has 0 unspecified atom stereocenters. The summed E-state index contributed by atoms with van der Waals surface area (Å²) in [5.41, 5.74) is 4.85. The van der Waals surface area contributed by atoms with Crippen molar-refractivity contribution >= 4 is 64.5 Å². The fourth-order valence-corrected chi connectivity index (χ4v) is 3.08. The molecule has 4 rings (SSSR count). The molecule has 0 atom stereocenters. The minimum absolute atomic E-state index is 0. The van der Waals surface area contributed by atoms with Gasteiger partial charge in [-0.25, -0.2) is 9.78 Å². The summed E-state index contributed by atoms with van der Waals surface area (Å²) < 4.78 is 10.4. The van der Waals surface area contributed by atoms with Gasteiger partial charge in [-0.2, -0.15) is 10.3 Å². The molecule has 0 saturated carbocycles. The Hall–Kier alpha value is -2.81. The summed E-state index contributed by atoms with van der Waals surface area (Å²) in [7, 11) is 1.63. The van der Waals surface area contributed by atoms with Gasteiger partial charge in [0.2, 0.25) is 5.95 Å². The Bertz CT molecular complexity index is 1120. The second kappa shape index (κ2) is 8.91. The van der Waals surface area contributed by atoms with Crippen LogP contribution in [0.5, 0.6) is 11.5 Å². The molecule has 1 amide bonds. The van der Waals surface area contributed by atoms with Crippen molar-refractivity contribution in [1.82, 2.24) is 15.3 Å². The van der Waals surface area contributed by atoms with Crippen molar-refractivity contribution in [2.45, 2.75) is 20.8 Å². The Morgan fingerprint density at radius 2 is 1.73 bits per heavy atom. The summed E-state index contributed by atoms with van der Waals surface area (Å²) in [5, 5.41) is 10.4. The summed E-state index contributed by atoms with van der Waals surface area (Å²) in [6.45, 7) is 5.77. The number of amides is 1. The first-order valence-electron chi connectivity index (χ1n) is 9.03. The van der Waals surface area contributed by atoms with Crippen molar-refractivity contribution in [3.8, 4) is 11.5 Å². The molecule has 2 aromatic carbocycles. The predicted octanol–water partition coefficient (Wildman–Crippen LogP) is 4.00. The number of carbonyl (C=O) groups is 1. The Morgan fingerprint density at radius 1 is 0.967 bits per heavy atom. The standard InChI is InChI=1S/C21H20N5O3.Na.H/c1-11-5-14(8-16(6-11)28-4)24-20-22-10-13(3)19(26-20)23-15-7-12(2)18-17(9-15)25-21(27)29-18;;/h5-10H,1-4H3,(H2,22,23,24,26);;. The molecule has 1 aromatic heterocycles. The predicted molar refractivity (Wildman–Crippen MR) is 117 cm³/mol. The topological polar surface area (TPSA) is 99.5 Å². The maximum atomic E-state index is 11.4. The monoisotopic (exact) mass is 414 g/mol. The first-order chi connectivity index (χ1) is 13.9. The number of ether oxygens (including phenoxy) is 2. The average Bonchev–Trinajstić information content (AvgIpc) is 3.05. The quantitative estimate of drug-likeness (QED) is 0.609. The molecule has 3 aromatic rings. The number of hydrogen-bond donors (Lipinski definition) is 2. The van der Waals surface area contributed by atoms with E-state index in [2.05, 4.69) is 25.9 Å². The number of aromatic nitrogens is 2. The molecule has 1 aliphatic rings.